The lowest BCUT2D eigenvalue weighted by Crippen LogP contribution is -2.53. The summed E-state index contributed by atoms with van der Waals surface area (Å²) in [5, 5.41) is 2.67. The number of carbonyl (C=O) groups is 3. The topological polar surface area (TPSA) is 102 Å². The minimum absolute atomic E-state index is 0.104. The zero-order chi connectivity index (χ0) is 20.6. The van der Waals surface area contributed by atoms with E-state index in [0.717, 1.165) is 11.1 Å². The molecule has 2 unspecified atom stereocenters. The second-order valence-corrected chi connectivity index (χ2v) is 7.04. The molecule has 2 aromatic rings. The van der Waals surface area contributed by atoms with Crippen LogP contribution >= 0.6 is 0 Å². The van der Waals surface area contributed by atoms with Gasteiger partial charge in [0.05, 0.1) is 0 Å². The molecule has 152 valence electrons. The molecular weight excluding hydrogens is 370 g/mol. The van der Waals surface area contributed by atoms with Gasteiger partial charge >= 0.3 is 6.09 Å². The lowest BCUT2D eigenvalue weighted by molar-refractivity contribution is -0.138. The standard InChI is InChI=1S/C22H25N3O4/c23-20(26)19-12-7-13-25(19)21(27)18(14-16-8-3-1-4-9-16)24-22(28)29-15-17-10-5-2-6-11-17/h1-6,8-11,18-19H,7,12-15H2,(H2,23,26)(H,24,28). The Bertz CT molecular complexity index is 842. The van der Waals surface area contributed by atoms with E-state index in [0.29, 0.717) is 25.8 Å². The van der Waals surface area contributed by atoms with Gasteiger partial charge in [-0.25, -0.2) is 4.79 Å². The Labute approximate surface area is 169 Å². The number of carbonyl (C=O) groups excluding carboxylic acids is 3. The van der Waals surface area contributed by atoms with Crippen LogP contribution in [-0.2, 0) is 27.4 Å². The molecule has 2 aromatic carbocycles. The number of benzene rings is 2. The van der Waals surface area contributed by atoms with Gasteiger partial charge in [-0.15, -0.1) is 0 Å². The summed E-state index contributed by atoms with van der Waals surface area (Å²) in [4.78, 5) is 38.6. The Kier molecular flexibility index (Phi) is 6.84. The molecular formula is C22H25N3O4. The highest BCUT2D eigenvalue weighted by atomic mass is 16.5. The molecule has 0 bridgehead atoms. The summed E-state index contributed by atoms with van der Waals surface area (Å²) >= 11 is 0. The van der Waals surface area contributed by atoms with E-state index in [1.54, 1.807) is 0 Å². The van der Waals surface area contributed by atoms with E-state index in [1.807, 2.05) is 60.7 Å². The fourth-order valence-corrected chi connectivity index (χ4v) is 3.48. The summed E-state index contributed by atoms with van der Waals surface area (Å²) in [5.41, 5.74) is 7.19. The van der Waals surface area contributed by atoms with E-state index in [4.69, 9.17) is 10.5 Å². The largest absolute Gasteiger partial charge is 0.445 e. The van der Waals surface area contributed by atoms with E-state index in [9.17, 15) is 14.4 Å². The van der Waals surface area contributed by atoms with Crippen molar-refractivity contribution in [1.29, 1.82) is 0 Å². The number of likely N-dealkylation sites (tertiary alicyclic amines) is 1. The van der Waals surface area contributed by atoms with Crippen molar-refractivity contribution in [3.63, 3.8) is 0 Å². The third-order valence-corrected chi connectivity index (χ3v) is 4.95. The van der Waals surface area contributed by atoms with E-state index < -0.39 is 24.1 Å². The van der Waals surface area contributed by atoms with Crippen LogP contribution in [0.3, 0.4) is 0 Å². The fourth-order valence-electron chi connectivity index (χ4n) is 3.48. The fraction of sp³-hybridized carbons (Fsp3) is 0.318. The Morgan fingerprint density at radius 2 is 1.66 bits per heavy atom. The van der Waals surface area contributed by atoms with Crippen LogP contribution in [0.5, 0.6) is 0 Å². The molecule has 29 heavy (non-hydrogen) atoms. The maximum absolute atomic E-state index is 13.1. The van der Waals surface area contributed by atoms with Crippen LogP contribution in [0.2, 0.25) is 0 Å². The quantitative estimate of drug-likeness (QED) is 0.749. The highest BCUT2D eigenvalue weighted by Gasteiger charge is 2.36. The van der Waals surface area contributed by atoms with Crippen LogP contribution < -0.4 is 11.1 Å². The second-order valence-electron chi connectivity index (χ2n) is 7.04. The van der Waals surface area contributed by atoms with Crippen molar-refractivity contribution in [3.05, 3.63) is 71.8 Å². The van der Waals surface area contributed by atoms with Crippen LogP contribution in [0.15, 0.2) is 60.7 Å². The first-order valence-electron chi connectivity index (χ1n) is 9.65. The average molecular weight is 395 g/mol. The molecule has 2 atom stereocenters. The number of rotatable bonds is 7. The van der Waals surface area contributed by atoms with Crippen molar-refractivity contribution in [1.82, 2.24) is 10.2 Å². The highest BCUT2D eigenvalue weighted by molar-refractivity contribution is 5.91. The predicted octanol–water partition coefficient (Wildman–Crippen LogP) is 2.00. The summed E-state index contributed by atoms with van der Waals surface area (Å²) in [6.07, 6.45) is 0.855. The van der Waals surface area contributed by atoms with Crippen LogP contribution in [0, 0.1) is 0 Å². The van der Waals surface area contributed by atoms with Crippen molar-refractivity contribution >= 4 is 17.9 Å². The van der Waals surface area contributed by atoms with Crippen molar-refractivity contribution in [2.24, 2.45) is 5.73 Å². The number of nitrogens with two attached hydrogens (primary N) is 1. The van der Waals surface area contributed by atoms with E-state index in [2.05, 4.69) is 5.32 Å². The second kappa shape index (κ2) is 9.73. The van der Waals surface area contributed by atoms with Crippen LogP contribution in [-0.4, -0.2) is 41.4 Å². The van der Waals surface area contributed by atoms with Crippen molar-refractivity contribution in [3.8, 4) is 0 Å². The Morgan fingerprint density at radius 3 is 2.28 bits per heavy atom. The molecule has 0 spiro atoms. The molecule has 3 rings (SSSR count). The van der Waals surface area contributed by atoms with Gasteiger partial charge in [-0.3, -0.25) is 9.59 Å². The van der Waals surface area contributed by atoms with E-state index in [-0.39, 0.29) is 12.5 Å². The molecule has 0 radical (unpaired) electrons. The summed E-state index contributed by atoms with van der Waals surface area (Å²) in [6, 6.07) is 17.2. The maximum Gasteiger partial charge on any atom is 0.408 e. The number of nitrogens with one attached hydrogen (secondary N) is 1. The monoisotopic (exact) mass is 395 g/mol. The first-order chi connectivity index (χ1) is 14.0. The molecule has 3 amide bonds. The van der Waals surface area contributed by atoms with Crippen molar-refractivity contribution in [2.45, 2.75) is 38.0 Å². The van der Waals surface area contributed by atoms with Gasteiger partial charge in [0.2, 0.25) is 11.8 Å². The molecule has 1 saturated heterocycles. The van der Waals surface area contributed by atoms with E-state index >= 15 is 0 Å². The van der Waals surface area contributed by atoms with Crippen LogP contribution in [0.25, 0.3) is 0 Å². The number of ether oxygens (including phenoxy) is 1. The summed E-state index contributed by atoms with van der Waals surface area (Å²) < 4.78 is 5.27. The number of alkyl carbamates (subject to hydrolysis) is 1. The molecule has 1 heterocycles. The lowest BCUT2D eigenvalue weighted by atomic mass is 10.0. The van der Waals surface area contributed by atoms with Crippen molar-refractivity contribution in [2.75, 3.05) is 6.54 Å². The van der Waals surface area contributed by atoms with Crippen LogP contribution in [0.4, 0.5) is 4.79 Å². The Morgan fingerprint density at radius 1 is 1.03 bits per heavy atom. The van der Waals surface area contributed by atoms with Gasteiger partial charge in [0.25, 0.3) is 0 Å². The minimum Gasteiger partial charge on any atom is -0.445 e. The first kappa shape index (κ1) is 20.4. The Balaban J connectivity index is 1.69. The molecule has 0 saturated carbocycles. The van der Waals surface area contributed by atoms with Gasteiger partial charge in [-0.2, -0.15) is 0 Å². The SMILES string of the molecule is NC(=O)C1CCCN1C(=O)C(Cc1ccccc1)NC(=O)OCc1ccccc1. The third-order valence-electron chi connectivity index (χ3n) is 4.95. The van der Waals surface area contributed by atoms with Crippen molar-refractivity contribution < 1.29 is 19.1 Å². The number of nitrogens with zero attached hydrogens (tertiary/aromatic N) is 1. The summed E-state index contributed by atoms with van der Waals surface area (Å²) in [7, 11) is 0. The zero-order valence-electron chi connectivity index (χ0n) is 16.1. The zero-order valence-corrected chi connectivity index (χ0v) is 16.1. The molecule has 1 aliphatic rings. The molecule has 0 aromatic heterocycles. The number of amides is 3. The molecule has 3 N–H and O–H groups in total. The average Bonchev–Trinajstić information content (AvgIpc) is 3.23. The lowest BCUT2D eigenvalue weighted by Gasteiger charge is -2.27. The molecule has 1 fully saturated rings. The number of hydrogen-bond donors (Lipinski definition) is 2. The van der Waals surface area contributed by atoms with Gasteiger partial charge < -0.3 is 20.7 Å². The molecule has 0 aliphatic carbocycles. The summed E-state index contributed by atoms with van der Waals surface area (Å²) in [5.74, 6) is -0.854. The normalized spacial score (nSPS) is 16.8. The maximum atomic E-state index is 13.1. The first-order valence-corrected chi connectivity index (χ1v) is 9.65. The predicted molar refractivity (Wildman–Crippen MR) is 108 cm³/mol. The molecule has 7 heteroatoms. The van der Waals surface area contributed by atoms with Gasteiger partial charge in [0.15, 0.2) is 0 Å². The van der Waals surface area contributed by atoms with E-state index in [1.165, 1.54) is 4.90 Å². The summed E-state index contributed by atoms with van der Waals surface area (Å²) in [6.45, 7) is 0.547. The van der Waals surface area contributed by atoms with Gasteiger partial charge in [-0.1, -0.05) is 60.7 Å². The Hall–Kier alpha value is -3.35. The smallest absolute Gasteiger partial charge is 0.408 e. The minimum atomic E-state index is -0.847. The van der Waals surface area contributed by atoms with Crippen LogP contribution in [0.1, 0.15) is 24.0 Å². The number of primary amides is 1. The van der Waals surface area contributed by atoms with Gasteiger partial charge in [0, 0.05) is 13.0 Å². The van der Waals surface area contributed by atoms with Gasteiger partial charge in [0.1, 0.15) is 18.7 Å². The molecule has 1 aliphatic heterocycles. The third kappa shape index (κ3) is 5.57. The van der Waals surface area contributed by atoms with Gasteiger partial charge in [-0.05, 0) is 24.0 Å². The number of hydrogen-bond acceptors (Lipinski definition) is 4. The molecule has 7 nitrogen and oxygen atoms in total. The highest BCUT2D eigenvalue weighted by Crippen LogP contribution is 2.19.